The average molecular weight is 392 g/mol. The van der Waals surface area contributed by atoms with Crippen molar-refractivity contribution in [2.75, 3.05) is 13.1 Å². The predicted molar refractivity (Wildman–Crippen MR) is 95.7 cm³/mol. The van der Waals surface area contributed by atoms with Crippen LogP contribution >= 0.6 is 0 Å². The second-order valence-electron chi connectivity index (χ2n) is 7.48. The van der Waals surface area contributed by atoms with Crippen LogP contribution in [0.1, 0.15) is 35.8 Å². The third-order valence-electron chi connectivity index (χ3n) is 5.69. The summed E-state index contributed by atoms with van der Waals surface area (Å²) in [7, 11) is 0. The molecule has 7 heteroatoms. The molecule has 1 aliphatic heterocycles. The van der Waals surface area contributed by atoms with E-state index in [4.69, 9.17) is 0 Å². The summed E-state index contributed by atoms with van der Waals surface area (Å²) in [6.45, 7) is 1.21. The van der Waals surface area contributed by atoms with Crippen LogP contribution < -0.4 is 10.6 Å². The number of nitrogens with one attached hydrogen (secondary N) is 2. The highest BCUT2D eigenvalue weighted by Crippen LogP contribution is 2.48. The van der Waals surface area contributed by atoms with Gasteiger partial charge in [-0.2, -0.15) is 0 Å². The number of piperidine rings is 1. The molecule has 4 rings (SSSR count). The Hall–Kier alpha value is -2.41. The number of halogens is 4. The normalized spacial score (nSPS) is 26.7. The van der Waals surface area contributed by atoms with Gasteiger partial charge in [-0.05, 0) is 54.6 Å². The Morgan fingerprint density at radius 3 is 2.61 bits per heavy atom. The molecule has 1 heterocycles. The molecule has 1 saturated carbocycles. The highest BCUT2D eigenvalue weighted by atomic mass is 19.2. The van der Waals surface area contributed by atoms with Crippen LogP contribution in [0.25, 0.3) is 0 Å². The van der Waals surface area contributed by atoms with Crippen LogP contribution in [-0.2, 0) is 4.79 Å². The second kappa shape index (κ2) is 7.54. The minimum atomic E-state index is -0.918. The number of amides is 1. The Balaban J connectivity index is 1.46. The molecule has 4 atom stereocenters. The Bertz CT molecular complexity index is 904. The monoisotopic (exact) mass is 392 g/mol. The van der Waals surface area contributed by atoms with Crippen LogP contribution in [0.4, 0.5) is 17.6 Å². The molecule has 0 radical (unpaired) electrons. The molecular formula is C21H20F4N2O. The minimum Gasteiger partial charge on any atom is -0.351 e. The van der Waals surface area contributed by atoms with Gasteiger partial charge >= 0.3 is 0 Å². The fourth-order valence-electron chi connectivity index (χ4n) is 4.08. The first-order chi connectivity index (χ1) is 13.5. The molecule has 3 nitrogen and oxygen atoms in total. The van der Waals surface area contributed by atoms with Crippen molar-refractivity contribution >= 4 is 5.91 Å². The molecular weight excluding hydrogens is 372 g/mol. The van der Waals surface area contributed by atoms with E-state index in [0.717, 1.165) is 12.1 Å². The lowest BCUT2D eigenvalue weighted by Crippen LogP contribution is -2.50. The summed E-state index contributed by atoms with van der Waals surface area (Å²) in [4.78, 5) is 12.7. The first kappa shape index (κ1) is 18.9. The molecule has 28 heavy (non-hydrogen) atoms. The molecule has 1 saturated heterocycles. The highest BCUT2D eigenvalue weighted by molar-refractivity contribution is 5.83. The van der Waals surface area contributed by atoms with Crippen molar-refractivity contribution in [2.24, 2.45) is 5.92 Å². The average Bonchev–Trinajstić information content (AvgIpc) is 3.47. The Labute approximate surface area is 160 Å². The van der Waals surface area contributed by atoms with Crippen molar-refractivity contribution < 1.29 is 22.4 Å². The molecule has 2 aromatic rings. The zero-order valence-electron chi connectivity index (χ0n) is 15.0. The van der Waals surface area contributed by atoms with E-state index in [1.807, 2.05) is 0 Å². The molecule has 2 aliphatic rings. The number of rotatable bonds is 4. The maximum atomic E-state index is 14.0. The summed E-state index contributed by atoms with van der Waals surface area (Å²) in [5.74, 6) is -4.77. The summed E-state index contributed by atoms with van der Waals surface area (Å²) in [6.07, 6.45) is 1.13. The number of hydrogen-bond donors (Lipinski definition) is 2. The van der Waals surface area contributed by atoms with E-state index in [1.54, 1.807) is 0 Å². The lowest BCUT2D eigenvalue weighted by atomic mass is 9.86. The quantitative estimate of drug-likeness (QED) is 0.781. The lowest BCUT2D eigenvalue weighted by molar-refractivity contribution is -0.123. The molecule has 1 aliphatic carbocycles. The molecule has 2 N–H and O–H groups in total. The van der Waals surface area contributed by atoms with Crippen LogP contribution in [0.5, 0.6) is 0 Å². The van der Waals surface area contributed by atoms with Gasteiger partial charge in [0.2, 0.25) is 5.91 Å². The Kier molecular flexibility index (Phi) is 5.10. The van der Waals surface area contributed by atoms with Gasteiger partial charge in [0.1, 0.15) is 0 Å². The van der Waals surface area contributed by atoms with Gasteiger partial charge in [0.25, 0.3) is 0 Å². The van der Waals surface area contributed by atoms with Crippen LogP contribution in [0.15, 0.2) is 36.4 Å². The van der Waals surface area contributed by atoms with Gasteiger partial charge in [-0.1, -0.05) is 18.2 Å². The zero-order chi connectivity index (χ0) is 19.8. The van der Waals surface area contributed by atoms with Gasteiger partial charge in [0, 0.05) is 24.4 Å². The third-order valence-corrected chi connectivity index (χ3v) is 5.69. The largest absolute Gasteiger partial charge is 0.351 e. The molecule has 0 spiro atoms. The topological polar surface area (TPSA) is 41.1 Å². The van der Waals surface area contributed by atoms with Crippen LogP contribution in [0, 0.1) is 29.2 Å². The van der Waals surface area contributed by atoms with Crippen molar-refractivity contribution in [1.82, 2.24) is 10.6 Å². The zero-order valence-corrected chi connectivity index (χ0v) is 15.0. The van der Waals surface area contributed by atoms with E-state index in [1.165, 1.54) is 24.3 Å². The standard InChI is InChI=1S/C21H20F4N2O/c22-16-5-4-11(8-18(16)24)12-6-7-26-10-19(12)27-21(28)15-9-14(15)13-2-1-3-17(23)20(13)25/h1-5,8,12,14-15,19,26H,6-7,9-10H2,(H,27,28). The smallest absolute Gasteiger partial charge is 0.224 e. The van der Waals surface area contributed by atoms with E-state index in [0.29, 0.717) is 31.5 Å². The molecule has 4 unspecified atom stereocenters. The van der Waals surface area contributed by atoms with Crippen molar-refractivity contribution in [3.05, 3.63) is 70.8 Å². The summed E-state index contributed by atoms with van der Waals surface area (Å²) in [6, 6.07) is 7.51. The number of carbonyl (C=O) groups excluding carboxylic acids is 1. The van der Waals surface area contributed by atoms with E-state index in [2.05, 4.69) is 10.6 Å². The fraction of sp³-hybridized carbons (Fsp3) is 0.381. The predicted octanol–water partition coefficient (Wildman–Crippen LogP) is 3.61. The van der Waals surface area contributed by atoms with Crippen molar-refractivity contribution in [2.45, 2.75) is 30.7 Å². The third kappa shape index (κ3) is 3.63. The summed E-state index contributed by atoms with van der Waals surface area (Å²) >= 11 is 0. The van der Waals surface area contributed by atoms with Crippen molar-refractivity contribution in [1.29, 1.82) is 0 Å². The Morgan fingerprint density at radius 2 is 1.82 bits per heavy atom. The Morgan fingerprint density at radius 1 is 1.00 bits per heavy atom. The number of carbonyl (C=O) groups is 1. The maximum absolute atomic E-state index is 14.0. The molecule has 2 fully saturated rings. The second-order valence-corrected chi connectivity index (χ2v) is 7.48. The van der Waals surface area contributed by atoms with Gasteiger partial charge < -0.3 is 10.6 Å². The first-order valence-electron chi connectivity index (χ1n) is 9.35. The molecule has 0 bridgehead atoms. The van der Waals surface area contributed by atoms with E-state index < -0.39 is 29.2 Å². The van der Waals surface area contributed by atoms with Gasteiger partial charge in [-0.3, -0.25) is 4.79 Å². The highest BCUT2D eigenvalue weighted by Gasteiger charge is 2.46. The lowest BCUT2D eigenvalue weighted by Gasteiger charge is -2.33. The molecule has 2 aromatic carbocycles. The van der Waals surface area contributed by atoms with Gasteiger partial charge in [0.15, 0.2) is 23.3 Å². The van der Waals surface area contributed by atoms with Crippen LogP contribution in [0.2, 0.25) is 0 Å². The summed E-state index contributed by atoms with van der Waals surface area (Å²) in [5, 5.41) is 6.16. The summed E-state index contributed by atoms with van der Waals surface area (Å²) in [5.41, 5.74) is 0.855. The molecule has 148 valence electrons. The van der Waals surface area contributed by atoms with E-state index >= 15 is 0 Å². The minimum absolute atomic E-state index is 0.150. The van der Waals surface area contributed by atoms with Gasteiger partial charge in [0.05, 0.1) is 0 Å². The number of hydrogen-bond acceptors (Lipinski definition) is 2. The van der Waals surface area contributed by atoms with Gasteiger partial charge in [-0.15, -0.1) is 0 Å². The van der Waals surface area contributed by atoms with Gasteiger partial charge in [-0.25, -0.2) is 17.6 Å². The first-order valence-corrected chi connectivity index (χ1v) is 9.35. The fourth-order valence-corrected chi connectivity index (χ4v) is 4.08. The SMILES string of the molecule is O=C(NC1CNCCC1c1ccc(F)c(F)c1)C1CC1c1cccc(F)c1F. The maximum Gasteiger partial charge on any atom is 0.224 e. The summed E-state index contributed by atoms with van der Waals surface area (Å²) < 4.78 is 54.3. The molecule has 1 amide bonds. The molecule has 0 aromatic heterocycles. The van der Waals surface area contributed by atoms with Crippen LogP contribution in [0.3, 0.4) is 0 Å². The van der Waals surface area contributed by atoms with Crippen LogP contribution in [-0.4, -0.2) is 25.0 Å². The van der Waals surface area contributed by atoms with Crippen molar-refractivity contribution in [3.8, 4) is 0 Å². The number of benzene rings is 2. The van der Waals surface area contributed by atoms with Crippen molar-refractivity contribution in [3.63, 3.8) is 0 Å². The van der Waals surface area contributed by atoms with E-state index in [9.17, 15) is 22.4 Å². The van der Waals surface area contributed by atoms with E-state index in [-0.39, 0.29) is 29.3 Å².